The number of benzene rings is 1. The number of carbonyl (C=O) groups is 1. The molecule has 1 amide bonds. The van der Waals surface area contributed by atoms with E-state index in [1.807, 2.05) is 0 Å². The quantitative estimate of drug-likeness (QED) is 0.710. The van der Waals surface area contributed by atoms with Crippen molar-refractivity contribution in [3.8, 4) is 5.75 Å². The van der Waals surface area contributed by atoms with Crippen LogP contribution in [0.4, 0.5) is 11.4 Å². The fraction of sp³-hybridized carbons (Fsp3) is 0.588. The van der Waals surface area contributed by atoms with Crippen molar-refractivity contribution in [2.24, 2.45) is 23.5 Å². The summed E-state index contributed by atoms with van der Waals surface area (Å²) in [7, 11) is -1.95. The van der Waals surface area contributed by atoms with Crippen LogP contribution in [0.5, 0.6) is 5.75 Å². The van der Waals surface area contributed by atoms with Gasteiger partial charge < -0.3 is 15.8 Å². The Balaban J connectivity index is 1.74. The minimum Gasteiger partial charge on any atom is -0.494 e. The monoisotopic (exact) mass is 367 g/mol. The normalized spacial score (nSPS) is 28.0. The van der Waals surface area contributed by atoms with Gasteiger partial charge in [0.25, 0.3) is 0 Å². The van der Waals surface area contributed by atoms with E-state index in [1.54, 1.807) is 25.1 Å². The maximum absolute atomic E-state index is 12.6. The molecular formula is C17H25N3O4S. The molecule has 25 heavy (non-hydrogen) atoms. The second-order valence-corrected chi connectivity index (χ2v) is 8.86. The van der Waals surface area contributed by atoms with Crippen molar-refractivity contribution in [2.75, 3.05) is 22.9 Å². The van der Waals surface area contributed by atoms with Crippen LogP contribution in [0.3, 0.4) is 0 Å². The Morgan fingerprint density at radius 1 is 1.32 bits per heavy atom. The van der Waals surface area contributed by atoms with E-state index >= 15 is 0 Å². The zero-order valence-corrected chi connectivity index (χ0v) is 15.3. The number of ether oxygens (including phenoxy) is 1. The van der Waals surface area contributed by atoms with Gasteiger partial charge in [-0.1, -0.05) is 0 Å². The van der Waals surface area contributed by atoms with Crippen LogP contribution in [0.15, 0.2) is 18.2 Å². The van der Waals surface area contributed by atoms with Crippen molar-refractivity contribution >= 4 is 27.3 Å². The molecule has 1 aromatic carbocycles. The highest BCUT2D eigenvalue weighted by molar-refractivity contribution is 7.92. The Bertz CT molecular complexity index is 763. The number of rotatable bonds is 6. The fourth-order valence-corrected chi connectivity index (χ4v) is 4.69. The number of nitrogens with one attached hydrogen (secondary N) is 2. The Labute approximate surface area is 148 Å². The molecule has 8 heteroatoms. The smallest absolute Gasteiger partial charge is 0.232 e. The summed E-state index contributed by atoms with van der Waals surface area (Å²) in [4.78, 5) is 12.6. The number of fused-ring (bicyclic) bond motifs is 2. The fourth-order valence-electron chi connectivity index (χ4n) is 4.04. The molecule has 138 valence electrons. The molecule has 4 unspecified atom stereocenters. The maximum Gasteiger partial charge on any atom is 0.232 e. The molecule has 0 heterocycles. The first kappa shape index (κ1) is 18.0. The first-order valence-electron chi connectivity index (χ1n) is 8.59. The van der Waals surface area contributed by atoms with Crippen molar-refractivity contribution in [1.29, 1.82) is 0 Å². The van der Waals surface area contributed by atoms with E-state index in [2.05, 4.69) is 10.0 Å². The lowest BCUT2D eigenvalue weighted by molar-refractivity contribution is -0.121. The van der Waals surface area contributed by atoms with Crippen LogP contribution < -0.4 is 20.5 Å². The van der Waals surface area contributed by atoms with Crippen molar-refractivity contribution in [2.45, 2.75) is 32.2 Å². The zero-order chi connectivity index (χ0) is 18.2. The summed E-state index contributed by atoms with van der Waals surface area (Å²) >= 11 is 0. The molecule has 3 rings (SSSR count). The van der Waals surface area contributed by atoms with Crippen LogP contribution in [-0.2, 0) is 14.8 Å². The van der Waals surface area contributed by atoms with Crippen LogP contribution in [-0.4, -0.2) is 33.2 Å². The van der Waals surface area contributed by atoms with Crippen molar-refractivity contribution in [3.63, 3.8) is 0 Å². The molecule has 4 N–H and O–H groups in total. The summed E-state index contributed by atoms with van der Waals surface area (Å²) in [5.41, 5.74) is 7.13. The summed E-state index contributed by atoms with van der Waals surface area (Å²) in [5.74, 6) is 0.939. The lowest BCUT2D eigenvalue weighted by atomic mass is 9.84. The molecule has 0 radical (unpaired) electrons. The summed E-state index contributed by atoms with van der Waals surface area (Å²) in [6.45, 7) is 1.56. The molecule has 2 aliphatic rings. The van der Waals surface area contributed by atoms with Crippen molar-refractivity contribution in [3.05, 3.63) is 18.2 Å². The van der Waals surface area contributed by atoms with E-state index in [-0.39, 0.29) is 23.6 Å². The summed E-state index contributed by atoms with van der Waals surface area (Å²) in [5, 5.41) is 2.90. The molecule has 0 spiro atoms. The van der Waals surface area contributed by atoms with Crippen LogP contribution in [0.2, 0.25) is 0 Å². The maximum atomic E-state index is 12.6. The summed E-state index contributed by atoms with van der Waals surface area (Å²) < 4.78 is 31.2. The first-order valence-corrected chi connectivity index (χ1v) is 10.2. The molecule has 7 nitrogen and oxygen atoms in total. The van der Waals surface area contributed by atoms with E-state index in [0.29, 0.717) is 29.0 Å². The first-order chi connectivity index (χ1) is 11.8. The third-order valence-corrected chi connectivity index (χ3v) is 6.69. The van der Waals surface area contributed by atoms with Gasteiger partial charge in [-0.15, -0.1) is 0 Å². The number of anilines is 2. The standard InChI is InChI=1S/C17H25N3O4S/c1-3-25(22,23)20-13-7-6-12(9-14(13)24-2)19-17(21)15-10-4-5-11(8-10)16(15)18/h6-7,9-11,15-16,20H,3-5,8,18H2,1-2H3,(H,19,21). The van der Waals surface area contributed by atoms with Gasteiger partial charge in [0, 0.05) is 17.8 Å². The number of amides is 1. The van der Waals surface area contributed by atoms with E-state index in [4.69, 9.17) is 10.5 Å². The number of nitrogens with two attached hydrogens (primary N) is 1. The highest BCUT2D eigenvalue weighted by Gasteiger charge is 2.49. The molecule has 0 saturated heterocycles. The lowest BCUT2D eigenvalue weighted by Crippen LogP contribution is -2.42. The Kier molecular flexibility index (Phi) is 4.92. The van der Waals surface area contributed by atoms with Crippen molar-refractivity contribution in [1.82, 2.24) is 0 Å². The zero-order valence-electron chi connectivity index (χ0n) is 14.5. The highest BCUT2D eigenvalue weighted by atomic mass is 32.2. The van der Waals surface area contributed by atoms with Gasteiger partial charge in [-0.05, 0) is 50.2 Å². The molecule has 4 atom stereocenters. The van der Waals surface area contributed by atoms with E-state index in [9.17, 15) is 13.2 Å². The van der Waals surface area contributed by atoms with Crippen molar-refractivity contribution < 1.29 is 17.9 Å². The average Bonchev–Trinajstić information content (AvgIpc) is 3.17. The Hall–Kier alpha value is -1.80. The predicted octanol–water partition coefficient (Wildman–Crippen LogP) is 1.77. The van der Waals surface area contributed by atoms with Gasteiger partial charge in [-0.25, -0.2) is 8.42 Å². The van der Waals surface area contributed by atoms with E-state index < -0.39 is 10.0 Å². The van der Waals surface area contributed by atoms with Crippen LogP contribution >= 0.6 is 0 Å². The van der Waals surface area contributed by atoms with Crippen LogP contribution in [0.25, 0.3) is 0 Å². The molecule has 0 aromatic heterocycles. The largest absolute Gasteiger partial charge is 0.494 e. The minimum absolute atomic E-state index is 0.0310. The molecule has 2 saturated carbocycles. The third-order valence-electron chi connectivity index (χ3n) is 5.40. The average molecular weight is 367 g/mol. The number of carbonyl (C=O) groups excluding carboxylic acids is 1. The van der Waals surface area contributed by atoms with Gasteiger partial charge in [0.15, 0.2) is 0 Å². The predicted molar refractivity (Wildman–Crippen MR) is 97.0 cm³/mol. The lowest BCUT2D eigenvalue weighted by Gasteiger charge is -2.27. The number of methoxy groups -OCH3 is 1. The number of hydrogen-bond acceptors (Lipinski definition) is 5. The molecule has 2 aliphatic carbocycles. The SMILES string of the molecule is CCS(=O)(=O)Nc1ccc(NC(=O)C2C3CCC(C3)C2N)cc1OC. The number of hydrogen-bond donors (Lipinski definition) is 3. The second kappa shape index (κ2) is 6.84. The Morgan fingerprint density at radius 3 is 2.64 bits per heavy atom. The van der Waals surface area contributed by atoms with Gasteiger partial charge in [0.2, 0.25) is 15.9 Å². The van der Waals surface area contributed by atoms with E-state index in [0.717, 1.165) is 19.3 Å². The van der Waals surface area contributed by atoms with Gasteiger partial charge in [-0.3, -0.25) is 9.52 Å². The highest BCUT2D eigenvalue weighted by Crippen LogP contribution is 2.48. The van der Waals surface area contributed by atoms with Gasteiger partial charge in [0.05, 0.1) is 24.5 Å². The summed E-state index contributed by atoms with van der Waals surface area (Å²) in [6.07, 6.45) is 3.23. The minimum atomic E-state index is -3.40. The topological polar surface area (TPSA) is 111 Å². The Morgan fingerprint density at radius 2 is 2.04 bits per heavy atom. The van der Waals surface area contributed by atoms with Gasteiger partial charge >= 0.3 is 0 Å². The number of sulfonamides is 1. The second-order valence-electron chi connectivity index (χ2n) is 6.85. The van der Waals surface area contributed by atoms with Gasteiger partial charge in [-0.2, -0.15) is 0 Å². The molecule has 2 bridgehead atoms. The summed E-state index contributed by atoms with van der Waals surface area (Å²) in [6, 6.07) is 4.79. The third kappa shape index (κ3) is 3.59. The molecular weight excluding hydrogens is 342 g/mol. The van der Waals surface area contributed by atoms with E-state index in [1.165, 1.54) is 7.11 Å². The van der Waals surface area contributed by atoms with Crippen LogP contribution in [0, 0.1) is 17.8 Å². The van der Waals surface area contributed by atoms with Gasteiger partial charge in [0.1, 0.15) is 5.75 Å². The molecule has 2 fully saturated rings. The molecule has 1 aromatic rings. The molecule has 0 aliphatic heterocycles. The van der Waals surface area contributed by atoms with Crippen LogP contribution in [0.1, 0.15) is 26.2 Å².